The first kappa shape index (κ1) is 22.6. The maximum atomic E-state index is 14.9. The lowest BCUT2D eigenvalue weighted by Gasteiger charge is -2.15. The number of ether oxygens (including phenoxy) is 1. The molecular formula is C22H22ClFN4O3S. The number of nitrogens with two attached hydrogens (primary N) is 1. The standard InChI is InChI=1S/C22H22ClFN4O3S/c1-31-22-20(32(25,29)30)12-17(23)21(27-22)15-6-7-26-19(11-15)16-5-4-14(10-18(16)24)13-28-8-2-3-9-28/h4-7,10-12H,2-3,8-9,13H2,1H3,(H2,25,29,30). The fraction of sp³-hybridized carbons (Fsp3) is 0.273. The zero-order chi connectivity index (χ0) is 22.9. The van der Waals surface area contributed by atoms with Crippen molar-refractivity contribution in [3.63, 3.8) is 0 Å². The van der Waals surface area contributed by atoms with Gasteiger partial charge in [-0.1, -0.05) is 17.7 Å². The predicted molar refractivity (Wildman–Crippen MR) is 120 cm³/mol. The van der Waals surface area contributed by atoms with Crippen LogP contribution in [0.1, 0.15) is 18.4 Å². The molecule has 2 N–H and O–H groups in total. The second-order valence-electron chi connectivity index (χ2n) is 7.60. The third-order valence-electron chi connectivity index (χ3n) is 5.36. The van der Waals surface area contributed by atoms with E-state index in [-0.39, 0.29) is 27.3 Å². The molecule has 0 unspecified atom stereocenters. The third kappa shape index (κ3) is 4.75. The van der Waals surface area contributed by atoms with Crippen LogP contribution in [0, 0.1) is 5.82 Å². The lowest BCUT2D eigenvalue weighted by molar-refractivity contribution is 0.331. The van der Waals surface area contributed by atoms with Crippen molar-refractivity contribution in [2.75, 3.05) is 20.2 Å². The van der Waals surface area contributed by atoms with Gasteiger partial charge in [-0.05, 0) is 61.8 Å². The van der Waals surface area contributed by atoms with Crippen molar-refractivity contribution in [3.05, 3.63) is 59.0 Å². The van der Waals surface area contributed by atoms with Crippen LogP contribution in [0.3, 0.4) is 0 Å². The summed E-state index contributed by atoms with van der Waals surface area (Å²) in [6.45, 7) is 2.79. The number of benzene rings is 1. The first-order chi connectivity index (χ1) is 15.3. The first-order valence-electron chi connectivity index (χ1n) is 10.0. The monoisotopic (exact) mass is 476 g/mol. The number of pyridine rings is 2. The topological polar surface area (TPSA) is 98.4 Å². The quantitative estimate of drug-likeness (QED) is 0.580. The van der Waals surface area contributed by atoms with E-state index in [0.29, 0.717) is 16.8 Å². The van der Waals surface area contributed by atoms with E-state index in [1.807, 2.05) is 6.07 Å². The fourth-order valence-electron chi connectivity index (χ4n) is 3.80. The van der Waals surface area contributed by atoms with Crippen molar-refractivity contribution in [1.29, 1.82) is 0 Å². The lowest BCUT2D eigenvalue weighted by atomic mass is 10.0. The molecule has 10 heteroatoms. The van der Waals surface area contributed by atoms with Crippen molar-refractivity contribution in [2.45, 2.75) is 24.3 Å². The van der Waals surface area contributed by atoms with Crippen molar-refractivity contribution < 1.29 is 17.5 Å². The second-order valence-corrected chi connectivity index (χ2v) is 9.54. The third-order valence-corrected chi connectivity index (χ3v) is 6.55. The molecule has 2 aromatic heterocycles. The number of hydrogen-bond acceptors (Lipinski definition) is 6. The van der Waals surface area contributed by atoms with Crippen LogP contribution >= 0.6 is 11.6 Å². The van der Waals surface area contributed by atoms with Gasteiger partial charge in [-0.2, -0.15) is 0 Å². The lowest BCUT2D eigenvalue weighted by Crippen LogP contribution is -2.18. The van der Waals surface area contributed by atoms with Gasteiger partial charge in [0.2, 0.25) is 15.9 Å². The number of halogens is 2. The number of hydrogen-bond donors (Lipinski definition) is 1. The van der Waals surface area contributed by atoms with Crippen molar-refractivity contribution in [3.8, 4) is 28.4 Å². The molecule has 32 heavy (non-hydrogen) atoms. The van der Waals surface area contributed by atoms with Gasteiger partial charge in [-0.15, -0.1) is 0 Å². The van der Waals surface area contributed by atoms with Gasteiger partial charge in [-0.25, -0.2) is 22.9 Å². The molecule has 3 aromatic rings. The summed E-state index contributed by atoms with van der Waals surface area (Å²) in [4.78, 5) is 10.5. The number of sulfonamides is 1. The van der Waals surface area contributed by atoms with E-state index in [1.165, 1.54) is 38.3 Å². The molecule has 7 nitrogen and oxygen atoms in total. The molecule has 0 atom stereocenters. The van der Waals surface area contributed by atoms with Gasteiger partial charge in [0.25, 0.3) is 0 Å². The molecule has 0 radical (unpaired) electrons. The smallest absolute Gasteiger partial charge is 0.243 e. The number of primary sulfonamides is 1. The SMILES string of the molecule is COc1nc(-c2ccnc(-c3ccc(CN4CCCC4)cc3F)c2)c(Cl)cc1S(N)(=O)=O. The number of aromatic nitrogens is 2. The van der Waals surface area contributed by atoms with Gasteiger partial charge in [0.1, 0.15) is 10.7 Å². The molecule has 0 spiro atoms. The molecule has 4 rings (SSSR count). The molecule has 3 heterocycles. The Hall–Kier alpha value is -2.59. The van der Waals surface area contributed by atoms with Crippen LogP contribution < -0.4 is 9.88 Å². The molecule has 1 aromatic carbocycles. The number of rotatable bonds is 6. The Balaban J connectivity index is 1.69. The summed E-state index contributed by atoms with van der Waals surface area (Å²) in [5.74, 6) is -0.546. The van der Waals surface area contributed by atoms with E-state index in [9.17, 15) is 12.8 Å². The van der Waals surface area contributed by atoms with Crippen LogP contribution in [0.2, 0.25) is 5.02 Å². The van der Waals surface area contributed by atoms with E-state index < -0.39 is 10.0 Å². The summed E-state index contributed by atoms with van der Waals surface area (Å²) in [6, 6.07) is 9.63. The summed E-state index contributed by atoms with van der Waals surface area (Å²) < 4.78 is 43.5. The highest BCUT2D eigenvalue weighted by Crippen LogP contribution is 2.34. The van der Waals surface area contributed by atoms with Crippen LogP contribution in [0.5, 0.6) is 5.88 Å². The minimum absolute atomic E-state index is 0.0633. The molecule has 1 saturated heterocycles. The molecule has 0 bridgehead atoms. The predicted octanol–water partition coefficient (Wildman–Crippen LogP) is 3.85. The normalized spacial score (nSPS) is 14.6. The molecular weight excluding hydrogens is 455 g/mol. The molecule has 1 fully saturated rings. The van der Waals surface area contributed by atoms with Gasteiger partial charge in [0.05, 0.1) is 23.5 Å². The molecule has 168 valence electrons. The Labute approximate surface area is 191 Å². The Morgan fingerprint density at radius 1 is 1.19 bits per heavy atom. The Bertz CT molecular complexity index is 1260. The average Bonchev–Trinajstić information content (AvgIpc) is 3.26. The van der Waals surface area contributed by atoms with E-state index in [2.05, 4.69) is 14.9 Å². The van der Waals surface area contributed by atoms with E-state index in [1.54, 1.807) is 18.2 Å². The van der Waals surface area contributed by atoms with E-state index in [0.717, 1.165) is 25.2 Å². The van der Waals surface area contributed by atoms with Gasteiger partial charge >= 0.3 is 0 Å². The number of nitrogens with zero attached hydrogens (tertiary/aromatic N) is 3. The average molecular weight is 477 g/mol. The maximum Gasteiger partial charge on any atom is 0.243 e. The molecule has 1 aliphatic rings. The van der Waals surface area contributed by atoms with Crippen molar-refractivity contribution >= 4 is 21.6 Å². The highest BCUT2D eigenvalue weighted by Gasteiger charge is 2.21. The summed E-state index contributed by atoms with van der Waals surface area (Å²) in [5, 5.41) is 5.27. The molecule has 0 aliphatic carbocycles. The minimum Gasteiger partial charge on any atom is -0.480 e. The number of likely N-dealkylation sites (tertiary alicyclic amines) is 1. The zero-order valence-electron chi connectivity index (χ0n) is 17.4. The first-order valence-corrected chi connectivity index (χ1v) is 11.9. The van der Waals surface area contributed by atoms with Gasteiger partial charge < -0.3 is 4.74 Å². The molecule has 0 saturated carbocycles. The maximum absolute atomic E-state index is 14.9. The summed E-state index contributed by atoms with van der Waals surface area (Å²) in [6.07, 6.45) is 3.87. The Kier molecular flexibility index (Phi) is 6.43. The number of methoxy groups -OCH3 is 1. The highest BCUT2D eigenvalue weighted by molar-refractivity contribution is 7.89. The minimum atomic E-state index is -4.07. The van der Waals surface area contributed by atoms with Crippen LogP contribution in [-0.4, -0.2) is 43.5 Å². The van der Waals surface area contributed by atoms with Gasteiger partial charge in [-0.3, -0.25) is 9.88 Å². The van der Waals surface area contributed by atoms with Gasteiger partial charge in [0.15, 0.2) is 0 Å². The highest BCUT2D eigenvalue weighted by atomic mass is 35.5. The summed E-state index contributed by atoms with van der Waals surface area (Å²) >= 11 is 6.29. The van der Waals surface area contributed by atoms with Crippen LogP contribution in [0.25, 0.3) is 22.5 Å². The summed E-state index contributed by atoms with van der Waals surface area (Å²) in [7, 11) is -2.79. The second kappa shape index (κ2) is 9.11. The summed E-state index contributed by atoms with van der Waals surface area (Å²) in [5.41, 5.74) is 2.46. The van der Waals surface area contributed by atoms with E-state index >= 15 is 0 Å². The van der Waals surface area contributed by atoms with E-state index in [4.69, 9.17) is 21.5 Å². The largest absolute Gasteiger partial charge is 0.480 e. The van der Waals surface area contributed by atoms with Crippen molar-refractivity contribution in [1.82, 2.24) is 14.9 Å². The molecule has 0 amide bonds. The van der Waals surface area contributed by atoms with Crippen LogP contribution in [0.4, 0.5) is 4.39 Å². The Morgan fingerprint density at radius 2 is 1.94 bits per heavy atom. The van der Waals surface area contributed by atoms with Gasteiger partial charge in [0, 0.05) is 23.9 Å². The van der Waals surface area contributed by atoms with Crippen LogP contribution in [-0.2, 0) is 16.6 Å². The fourth-order valence-corrected chi connectivity index (χ4v) is 4.78. The van der Waals surface area contributed by atoms with Crippen molar-refractivity contribution in [2.24, 2.45) is 5.14 Å². The molecule has 1 aliphatic heterocycles. The Morgan fingerprint density at radius 3 is 2.59 bits per heavy atom. The zero-order valence-corrected chi connectivity index (χ0v) is 19.0. The van der Waals surface area contributed by atoms with Crippen LogP contribution in [0.15, 0.2) is 47.5 Å².